The summed E-state index contributed by atoms with van der Waals surface area (Å²) in [5, 5.41) is 12.1. The highest BCUT2D eigenvalue weighted by atomic mass is 32.1. The van der Waals surface area contributed by atoms with Crippen LogP contribution in [0.15, 0.2) is 0 Å². The van der Waals surface area contributed by atoms with E-state index in [1.165, 1.54) is 0 Å². The molecule has 0 aliphatic heterocycles. The van der Waals surface area contributed by atoms with Crippen LogP contribution in [0, 0.1) is 0 Å². The molecule has 16 heavy (non-hydrogen) atoms. The van der Waals surface area contributed by atoms with Crippen LogP contribution in [0.25, 0.3) is 0 Å². The summed E-state index contributed by atoms with van der Waals surface area (Å²) in [6, 6.07) is 0. The van der Waals surface area contributed by atoms with Gasteiger partial charge in [-0.25, -0.2) is 10.3 Å². The number of hydrogen-bond acceptors (Lipinski definition) is 6. The van der Waals surface area contributed by atoms with Crippen LogP contribution in [-0.2, 0) is 16.1 Å². The summed E-state index contributed by atoms with van der Waals surface area (Å²) >= 11 is 0.956. The van der Waals surface area contributed by atoms with Crippen LogP contribution >= 0.6 is 11.5 Å². The Morgan fingerprint density at radius 3 is 2.94 bits per heavy atom. The van der Waals surface area contributed by atoms with Gasteiger partial charge in [0.05, 0.1) is 5.69 Å². The summed E-state index contributed by atoms with van der Waals surface area (Å²) in [6.45, 7) is 1.38. The molecular formula is C8H11N3O4S. The van der Waals surface area contributed by atoms with Gasteiger partial charge in [0.1, 0.15) is 4.88 Å². The van der Waals surface area contributed by atoms with Gasteiger partial charge in [0.15, 0.2) is 6.61 Å². The minimum absolute atomic E-state index is 0.354. The number of carboxylic acid groups (broad SMARTS) is 1. The number of aromatic nitrogens is 2. The molecule has 1 amide bonds. The van der Waals surface area contributed by atoms with E-state index in [0.29, 0.717) is 17.0 Å². The highest BCUT2D eigenvalue weighted by Crippen LogP contribution is 2.11. The molecule has 0 radical (unpaired) electrons. The lowest BCUT2D eigenvalue weighted by Gasteiger charge is -2.02. The summed E-state index contributed by atoms with van der Waals surface area (Å²) in [7, 11) is 0. The predicted molar refractivity (Wildman–Crippen MR) is 55.0 cm³/mol. The predicted octanol–water partition coefficient (Wildman–Crippen LogP) is 0.237. The second kappa shape index (κ2) is 6.13. The maximum atomic E-state index is 11.5. The Hall–Kier alpha value is -1.54. The van der Waals surface area contributed by atoms with Gasteiger partial charge in [-0.05, 0) is 18.0 Å². The molecule has 0 aromatic carbocycles. The molecule has 7 nitrogen and oxygen atoms in total. The van der Waals surface area contributed by atoms with Gasteiger partial charge in [-0.1, -0.05) is 17.8 Å². The van der Waals surface area contributed by atoms with Crippen LogP contribution in [0.4, 0.5) is 0 Å². The van der Waals surface area contributed by atoms with Crippen molar-refractivity contribution >= 4 is 23.4 Å². The average molecular weight is 245 g/mol. The third-order valence-electron chi connectivity index (χ3n) is 1.61. The fourth-order valence-corrected chi connectivity index (χ4v) is 1.59. The molecule has 8 heteroatoms. The summed E-state index contributed by atoms with van der Waals surface area (Å²) in [5.41, 5.74) is 2.63. The molecule has 0 saturated heterocycles. The van der Waals surface area contributed by atoms with Crippen LogP contribution in [0.2, 0.25) is 0 Å². The topological polar surface area (TPSA) is 101 Å². The van der Waals surface area contributed by atoms with Crippen molar-refractivity contribution in [3.05, 3.63) is 10.6 Å². The van der Waals surface area contributed by atoms with E-state index in [1.54, 1.807) is 0 Å². The third-order valence-corrected chi connectivity index (χ3v) is 2.38. The number of aryl methyl sites for hydroxylation is 1. The van der Waals surface area contributed by atoms with E-state index >= 15 is 0 Å². The molecule has 1 aromatic rings. The lowest BCUT2D eigenvalue weighted by Crippen LogP contribution is -2.26. The van der Waals surface area contributed by atoms with Gasteiger partial charge in [0.25, 0.3) is 5.91 Å². The summed E-state index contributed by atoms with van der Waals surface area (Å²) in [5.74, 6) is -1.67. The zero-order valence-electron chi connectivity index (χ0n) is 8.60. The molecule has 1 rings (SSSR count). The minimum atomic E-state index is -1.16. The van der Waals surface area contributed by atoms with E-state index in [2.05, 4.69) is 14.4 Å². The molecule has 1 heterocycles. The van der Waals surface area contributed by atoms with Crippen molar-refractivity contribution < 1.29 is 19.5 Å². The number of carbonyl (C=O) groups excluding carboxylic acids is 1. The number of carbonyl (C=O) groups is 2. The van der Waals surface area contributed by atoms with Crippen LogP contribution < -0.4 is 5.48 Å². The first-order valence-corrected chi connectivity index (χ1v) is 5.37. The minimum Gasteiger partial charge on any atom is -0.479 e. The maximum Gasteiger partial charge on any atom is 0.332 e. The van der Waals surface area contributed by atoms with E-state index in [1.807, 2.05) is 12.4 Å². The molecule has 1 aromatic heterocycles. The number of hydrogen-bond donors (Lipinski definition) is 2. The van der Waals surface area contributed by atoms with Crippen molar-refractivity contribution in [1.82, 2.24) is 15.1 Å². The molecule has 0 saturated carbocycles. The second-order valence-electron chi connectivity index (χ2n) is 2.91. The Morgan fingerprint density at radius 1 is 1.56 bits per heavy atom. The molecule has 88 valence electrons. The Kier molecular flexibility index (Phi) is 4.80. The summed E-state index contributed by atoms with van der Waals surface area (Å²) < 4.78 is 3.66. The number of amides is 1. The van der Waals surface area contributed by atoms with E-state index in [0.717, 1.165) is 18.0 Å². The van der Waals surface area contributed by atoms with E-state index in [-0.39, 0.29) is 0 Å². The van der Waals surface area contributed by atoms with E-state index < -0.39 is 18.5 Å². The molecular weight excluding hydrogens is 234 g/mol. The fourth-order valence-electron chi connectivity index (χ4n) is 0.991. The first-order valence-electron chi connectivity index (χ1n) is 4.60. The van der Waals surface area contributed by atoms with Crippen molar-refractivity contribution in [2.24, 2.45) is 0 Å². The first kappa shape index (κ1) is 12.5. The second-order valence-corrected chi connectivity index (χ2v) is 3.67. The third kappa shape index (κ3) is 3.55. The molecule has 0 unspecified atom stereocenters. The number of aliphatic carboxylic acids is 1. The van der Waals surface area contributed by atoms with Crippen LogP contribution in [0.5, 0.6) is 0 Å². The zero-order chi connectivity index (χ0) is 12.0. The number of nitrogens with zero attached hydrogens (tertiary/aromatic N) is 2. The molecule has 2 N–H and O–H groups in total. The van der Waals surface area contributed by atoms with Crippen molar-refractivity contribution in [3.63, 3.8) is 0 Å². The molecule has 0 aliphatic carbocycles. The lowest BCUT2D eigenvalue weighted by atomic mass is 10.2. The maximum absolute atomic E-state index is 11.5. The van der Waals surface area contributed by atoms with Crippen LogP contribution in [-0.4, -0.2) is 33.2 Å². The van der Waals surface area contributed by atoms with Gasteiger partial charge in [0.2, 0.25) is 0 Å². The van der Waals surface area contributed by atoms with Gasteiger partial charge < -0.3 is 5.11 Å². The van der Waals surface area contributed by atoms with Gasteiger partial charge in [-0.15, -0.1) is 5.10 Å². The molecule has 0 atom stereocenters. The quantitative estimate of drug-likeness (QED) is 0.696. The lowest BCUT2D eigenvalue weighted by molar-refractivity contribution is -0.144. The van der Waals surface area contributed by atoms with E-state index in [4.69, 9.17) is 5.11 Å². The Bertz CT molecular complexity index is 379. The number of nitrogens with one attached hydrogen (secondary N) is 1. The van der Waals surface area contributed by atoms with Gasteiger partial charge in [0, 0.05) is 0 Å². The van der Waals surface area contributed by atoms with Crippen molar-refractivity contribution in [3.8, 4) is 0 Å². The van der Waals surface area contributed by atoms with Crippen LogP contribution in [0.1, 0.15) is 28.7 Å². The molecule has 0 spiro atoms. The largest absolute Gasteiger partial charge is 0.479 e. The summed E-state index contributed by atoms with van der Waals surface area (Å²) in [4.78, 5) is 26.4. The van der Waals surface area contributed by atoms with Gasteiger partial charge in [-0.2, -0.15) is 0 Å². The summed E-state index contributed by atoms with van der Waals surface area (Å²) in [6.07, 6.45) is 1.50. The Balaban J connectivity index is 2.52. The Labute approximate surface area is 95.5 Å². The van der Waals surface area contributed by atoms with E-state index in [9.17, 15) is 9.59 Å². The van der Waals surface area contributed by atoms with Gasteiger partial charge in [-0.3, -0.25) is 9.63 Å². The van der Waals surface area contributed by atoms with Crippen LogP contribution in [0.3, 0.4) is 0 Å². The highest BCUT2D eigenvalue weighted by molar-refractivity contribution is 7.07. The van der Waals surface area contributed by atoms with Crippen molar-refractivity contribution in [2.45, 2.75) is 19.8 Å². The standard InChI is InChI=1S/C8H11N3O4S/c1-2-3-5-7(16-11-9-5)8(14)10-15-4-6(12)13/h2-4H2,1H3,(H,10,14)(H,12,13). The Morgan fingerprint density at radius 2 is 2.31 bits per heavy atom. The zero-order valence-corrected chi connectivity index (χ0v) is 9.41. The van der Waals surface area contributed by atoms with Gasteiger partial charge >= 0.3 is 5.97 Å². The number of rotatable bonds is 6. The molecule has 0 bridgehead atoms. The fraction of sp³-hybridized carbons (Fsp3) is 0.500. The molecule has 0 aliphatic rings. The first-order chi connectivity index (χ1) is 7.65. The molecule has 0 fully saturated rings. The van der Waals surface area contributed by atoms with Crippen molar-refractivity contribution in [2.75, 3.05) is 6.61 Å². The smallest absolute Gasteiger partial charge is 0.332 e. The highest BCUT2D eigenvalue weighted by Gasteiger charge is 2.15. The number of carboxylic acids is 1. The monoisotopic (exact) mass is 245 g/mol. The average Bonchev–Trinajstić information content (AvgIpc) is 2.66. The normalized spacial score (nSPS) is 10.1. The SMILES string of the molecule is CCCc1nnsc1C(=O)NOCC(=O)O. The number of hydroxylamine groups is 1. The van der Waals surface area contributed by atoms with Crippen molar-refractivity contribution in [1.29, 1.82) is 0 Å².